The summed E-state index contributed by atoms with van der Waals surface area (Å²) in [5.41, 5.74) is 2.71. The van der Waals surface area contributed by atoms with Gasteiger partial charge in [-0.2, -0.15) is 5.10 Å². The van der Waals surface area contributed by atoms with E-state index in [0.29, 0.717) is 0 Å². The molecule has 0 aromatic carbocycles. The molecule has 1 aromatic heterocycles. The molecule has 1 heterocycles. The molecule has 3 nitrogen and oxygen atoms in total. The lowest BCUT2D eigenvalue weighted by Gasteiger charge is -2.19. The van der Waals surface area contributed by atoms with Gasteiger partial charge in [-0.1, -0.05) is 6.08 Å². The van der Waals surface area contributed by atoms with Crippen molar-refractivity contribution in [3.05, 3.63) is 24.0 Å². The standard InChI is InChI=1S/C13H23N3/c1-11(12-9-15-16(5)10-12)7-6-8-14-13(2,3)4/h7,9-10,14H,6,8H2,1-5H3. The highest BCUT2D eigenvalue weighted by Crippen LogP contribution is 2.12. The van der Waals surface area contributed by atoms with Crippen molar-refractivity contribution in [2.75, 3.05) is 6.54 Å². The summed E-state index contributed by atoms with van der Waals surface area (Å²) in [7, 11) is 1.94. The topological polar surface area (TPSA) is 29.9 Å². The number of aryl methyl sites for hydroxylation is 1. The molecule has 0 aliphatic rings. The zero-order valence-corrected chi connectivity index (χ0v) is 11.0. The van der Waals surface area contributed by atoms with Crippen molar-refractivity contribution in [2.24, 2.45) is 7.05 Å². The highest BCUT2D eigenvalue weighted by molar-refractivity contribution is 5.62. The smallest absolute Gasteiger partial charge is 0.0564 e. The van der Waals surface area contributed by atoms with Gasteiger partial charge in [0.2, 0.25) is 0 Å². The lowest BCUT2D eigenvalue weighted by atomic mass is 10.1. The zero-order chi connectivity index (χ0) is 12.2. The van der Waals surface area contributed by atoms with Crippen molar-refractivity contribution >= 4 is 5.57 Å². The molecule has 1 rings (SSSR count). The number of nitrogens with zero attached hydrogens (tertiary/aromatic N) is 2. The van der Waals surface area contributed by atoms with Gasteiger partial charge >= 0.3 is 0 Å². The maximum absolute atomic E-state index is 4.17. The van der Waals surface area contributed by atoms with Gasteiger partial charge < -0.3 is 5.32 Å². The Morgan fingerprint density at radius 3 is 2.69 bits per heavy atom. The molecule has 0 bridgehead atoms. The average molecular weight is 221 g/mol. The first kappa shape index (κ1) is 13.0. The zero-order valence-electron chi connectivity index (χ0n) is 11.0. The molecule has 0 unspecified atom stereocenters. The lowest BCUT2D eigenvalue weighted by Crippen LogP contribution is -2.36. The minimum absolute atomic E-state index is 0.204. The molecular weight excluding hydrogens is 198 g/mol. The Hall–Kier alpha value is -1.09. The first-order valence-electron chi connectivity index (χ1n) is 5.79. The van der Waals surface area contributed by atoms with E-state index in [1.807, 2.05) is 24.1 Å². The van der Waals surface area contributed by atoms with Crippen LogP contribution in [0.4, 0.5) is 0 Å². The maximum Gasteiger partial charge on any atom is 0.0564 e. The Kier molecular flexibility index (Phi) is 4.30. The van der Waals surface area contributed by atoms with Gasteiger partial charge in [0.1, 0.15) is 0 Å². The van der Waals surface area contributed by atoms with E-state index in [0.717, 1.165) is 13.0 Å². The van der Waals surface area contributed by atoms with Crippen molar-refractivity contribution in [2.45, 2.75) is 39.7 Å². The van der Waals surface area contributed by atoms with Crippen molar-refractivity contribution in [3.8, 4) is 0 Å². The Bertz CT molecular complexity index is 355. The molecule has 90 valence electrons. The fraction of sp³-hybridized carbons (Fsp3) is 0.615. The number of hydrogen-bond acceptors (Lipinski definition) is 2. The molecule has 0 fully saturated rings. The van der Waals surface area contributed by atoms with Gasteiger partial charge in [0, 0.05) is 24.3 Å². The third kappa shape index (κ3) is 4.62. The Morgan fingerprint density at radius 1 is 1.50 bits per heavy atom. The molecule has 0 spiro atoms. The minimum atomic E-state index is 0.204. The van der Waals surface area contributed by atoms with Gasteiger partial charge in [0.15, 0.2) is 0 Å². The van der Waals surface area contributed by atoms with Crippen LogP contribution in [0.25, 0.3) is 5.57 Å². The van der Waals surface area contributed by atoms with E-state index in [-0.39, 0.29) is 5.54 Å². The summed E-state index contributed by atoms with van der Waals surface area (Å²) >= 11 is 0. The largest absolute Gasteiger partial charge is 0.312 e. The first-order chi connectivity index (χ1) is 7.38. The van der Waals surface area contributed by atoms with Gasteiger partial charge in [-0.25, -0.2) is 0 Å². The number of rotatable bonds is 4. The summed E-state index contributed by atoms with van der Waals surface area (Å²) in [6, 6.07) is 0. The monoisotopic (exact) mass is 221 g/mol. The van der Waals surface area contributed by atoms with Crippen molar-refractivity contribution < 1.29 is 0 Å². The van der Waals surface area contributed by atoms with Crippen LogP contribution >= 0.6 is 0 Å². The summed E-state index contributed by atoms with van der Waals surface area (Å²) in [6.45, 7) is 9.70. The second-order valence-electron chi connectivity index (χ2n) is 5.26. The number of allylic oxidation sites excluding steroid dienone is 1. The molecule has 0 atom stereocenters. The molecule has 16 heavy (non-hydrogen) atoms. The number of hydrogen-bond donors (Lipinski definition) is 1. The molecule has 1 aromatic rings. The molecule has 0 saturated heterocycles. The molecule has 0 radical (unpaired) electrons. The number of aromatic nitrogens is 2. The van der Waals surface area contributed by atoms with Crippen LogP contribution in [-0.2, 0) is 7.05 Å². The minimum Gasteiger partial charge on any atom is -0.312 e. The van der Waals surface area contributed by atoms with Gasteiger partial charge in [0.05, 0.1) is 6.20 Å². The lowest BCUT2D eigenvalue weighted by molar-refractivity contribution is 0.431. The average Bonchev–Trinajstić information content (AvgIpc) is 2.57. The van der Waals surface area contributed by atoms with Crippen LogP contribution in [0.5, 0.6) is 0 Å². The summed E-state index contributed by atoms with van der Waals surface area (Å²) < 4.78 is 1.83. The quantitative estimate of drug-likeness (QED) is 0.792. The van der Waals surface area contributed by atoms with Crippen LogP contribution < -0.4 is 5.32 Å². The molecule has 0 aliphatic heterocycles. The summed E-state index contributed by atoms with van der Waals surface area (Å²) in [5, 5.41) is 7.63. The van der Waals surface area contributed by atoms with E-state index in [9.17, 15) is 0 Å². The van der Waals surface area contributed by atoms with Crippen LogP contribution in [0, 0.1) is 0 Å². The Balaban J connectivity index is 2.40. The Labute approximate surface area is 98.5 Å². The van der Waals surface area contributed by atoms with Gasteiger partial charge in [-0.15, -0.1) is 0 Å². The van der Waals surface area contributed by atoms with Crippen LogP contribution in [-0.4, -0.2) is 21.9 Å². The molecule has 0 aliphatic carbocycles. The van der Waals surface area contributed by atoms with Crippen LogP contribution in [0.1, 0.15) is 39.7 Å². The summed E-state index contributed by atoms with van der Waals surface area (Å²) in [6.07, 6.45) is 7.26. The highest BCUT2D eigenvalue weighted by Gasteiger charge is 2.06. The molecule has 0 saturated carbocycles. The van der Waals surface area contributed by atoms with Gasteiger partial charge in [-0.05, 0) is 46.2 Å². The van der Waals surface area contributed by atoms with E-state index >= 15 is 0 Å². The van der Waals surface area contributed by atoms with E-state index in [2.05, 4.69) is 44.2 Å². The molecule has 0 amide bonds. The SMILES string of the molecule is CC(=CCCNC(C)(C)C)c1cnn(C)c1. The highest BCUT2D eigenvalue weighted by atomic mass is 15.2. The summed E-state index contributed by atoms with van der Waals surface area (Å²) in [4.78, 5) is 0. The number of nitrogens with one attached hydrogen (secondary N) is 1. The van der Waals surface area contributed by atoms with Crippen LogP contribution in [0.3, 0.4) is 0 Å². The first-order valence-corrected chi connectivity index (χ1v) is 5.79. The van der Waals surface area contributed by atoms with Crippen LogP contribution in [0.2, 0.25) is 0 Å². The predicted octanol–water partition coefficient (Wildman–Crippen LogP) is 2.60. The maximum atomic E-state index is 4.17. The second-order valence-corrected chi connectivity index (χ2v) is 5.26. The van der Waals surface area contributed by atoms with Crippen LogP contribution in [0.15, 0.2) is 18.5 Å². The predicted molar refractivity (Wildman–Crippen MR) is 69.2 cm³/mol. The fourth-order valence-electron chi connectivity index (χ4n) is 1.48. The normalized spacial score (nSPS) is 13.2. The van der Waals surface area contributed by atoms with Gasteiger partial charge in [-0.3, -0.25) is 4.68 Å². The molecule has 3 heteroatoms. The van der Waals surface area contributed by atoms with E-state index < -0.39 is 0 Å². The molecular formula is C13H23N3. The fourth-order valence-corrected chi connectivity index (χ4v) is 1.48. The van der Waals surface area contributed by atoms with Crippen molar-refractivity contribution in [1.29, 1.82) is 0 Å². The molecule has 1 N–H and O–H groups in total. The second kappa shape index (κ2) is 5.30. The van der Waals surface area contributed by atoms with E-state index in [1.54, 1.807) is 0 Å². The summed E-state index contributed by atoms with van der Waals surface area (Å²) in [5.74, 6) is 0. The van der Waals surface area contributed by atoms with Crippen molar-refractivity contribution in [1.82, 2.24) is 15.1 Å². The third-order valence-corrected chi connectivity index (χ3v) is 2.41. The van der Waals surface area contributed by atoms with Crippen molar-refractivity contribution in [3.63, 3.8) is 0 Å². The van der Waals surface area contributed by atoms with E-state index in [4.69, 9.17) is 0 Å². The Morgan fingerprint density at radius 2 is 2.19 bits per heavy atom. The third-order valence-electron chi connectivity index (χ3n) is 2.41. The van der Waals surface area contributed by atoms with Gasteiger partial charge in [0.25, 0.3) is 0 Å². The van der Waals surface area contributed by atoms with E-state index in [1.165, 1.54) is 11.1 Å².